The Morgan fingerprint density at radius 2 is 2.11 bits per heavy atom. The third-order valence-electron chi connectivity index (χ3n) is 5.26. The SMILES string of the molecule is CN(C)CCOCCCNc1nc2sc(OC(N)=O)c(N)c2c(-c2cc3ccccc3o2)c1C#N. The highest BCUT2D eigenvalue weighted by Gasteiger charge is 2.25. The summed E-state index contributed by atoms with van der Waals surface area (Å²) in [6, 6.07) is 11.6. The molecule has 4 rings (SSSR count). The number of hydrogen-bond acceptors (Lipinski definition) is 10. The van der Waals surface area contributed by atoms with Gasteiger partial charge in [0.05, 0.1) is 23.2 Å². The van der Waals surface area contributed by atoms with E-state index in [1.165, 1.54) is 0 Å². The second-order valence-electron chi connectivity index (χ2n) is 8.07. The number of primary amides is 1. The normalized spacial score (nSPS) is 11.3. The van der Waals surface area contributed by atoms with E-state index in [0.29, 0.717) is 52.7 Å². The molecule has 0 spiro atoms. The summed E-state index contributed by atoms with van der Waals surface area (Å²) in [4.78, 5) is 18.5. The van der Waals surface area contributed by atoms with Crippen LogP contribution in [-0.4, -0.2) is 56.4 Å². The van der Waals surface area contributed by atoms with Crippen LogP contribution in [0.15, 0.2) is 34.7 Å². The van der Waals surface area contributed by atoms with Gasteiger partial charge in [0.25, 0.3) is 0 Å². The number of thiophene rings is 1. The summed E-state index contributed by atoms with van der Waals surface area (Å²) in [6.45, 7) is 2.61. The molecule has 1 aromatic carbocycles. The lowest BCUT2D eigenvalue weighted by molar-refractivity contribution is 0.117. The van der Waals surface area contributed by atoms with Crippen LogP contribution in [0, 0.1) is 11.3 Å². The van der Waals surface area contributed by atoms with Crippen molar-refractivity contribution >= 4 is 50.1 Å². The summed E-state index contributed by atoms with van der Waals surface area (Å²) in [5.41, 5.74) is 13.1. The van der Waals surface area contributed by atoms with E-state index >= 15 is 0 Å². The Morgan fingerprint density at radius 1 is 1.31 bits per heavy atom. The lowest BCUT2D eigenvalue weighted by atomic mass is 10.0. The van der Waals surface area contributed by atoms with Crippen LogP contribution in [0.4, 0.5) is 16.3 Å². The van der Waals surface area contributed by atoms with E-state index in [1.807, 2.05) is 44.4 Å². The Hall–Kier alpha value is -3.85. The molecule has 3 heterocycles. The number of amides is 1. The van der Waals surface area contributed by atoms with Crippen molar-refractivity contribution in [2.24, 2.45) is 5.73 Å². The number of nitrogens with two attached hydrogens (primary N) is 2. The molecule has 35 heavy (non-hydrogen) atoms. The summed E-state index contributed by atoms with van der Waals surface area (Å²) in [7, 11) is 3.99. The fraction of sp³-hybridized carbons (Fsp3) is 0.292. The number of anilines is 2. The molecule has 0 saturated carbocycles. The molecule has 0 radical (unpaired) electrons. The van der Waals surface area contributed by atoms with Gasteiger partial charge in [-0.25, -0.2) is 9.78 Å². The maximum Gasteiger partial charge on any atom is 0.410 e. The summed E-state index contributed by atoms with van der Waals surface area (Å²) >= 11 is 1.07. The number of hydrogen-bond donors (Lipinski definition) is 3. The largest absolute Gasteiger partial charge is 0.456 e. The molecule has 0 aliphatic heterocycles. The van der Waals surface area contributed by atoms with Gasteiger partial charge in [-0.3, -0.25) is 0 Å². The monoisotopic (exact) mass is 494 g/mol. The number of nitrogens with zero attached hydrogens (tertiary/aromatic N) is 3. The summed E-state index contributed by atoms with van der Waals surface area (Å²) in [5, 5.41) is 14.8. The Kier molecular flexibility index (Phi) is 7.36. The van der Waals surface area contributed by atoms with Crippen LogP contribution < -0.4 is 21.5 Å². The zero-order chi connectivity index (χ0) is 24.9. The number of para-hydroxylation sites is 1. The fourth-order valence-electron chi connectivity index (χ4n) is 3.62. The lowest BCUT2D eigenvalue weighted by Crippen LogP contribution is -2.18. The number of carbonyl (C=O) groups is 1. The average molecular weight is 495 g/mol. The van der Waals surface area contributed by atoms with Gasteiger partial charge < -0.3 is 35.6 Å². The topological polar surface area (TPSA) is 153 Å². The number of rotatable bonds is 10. The lowest BCUT2D eigenvalue weighted by Gasteiger charge is -2.12. The van der Waals surface area contributed by atoms with Crippen LogP contribution in [0.5, 0.6) is 5.06 Å². The molecule has 0 atom stereocenters. The first-order chi connectivity index (χ1) is 16.9. The quantitative estimate of drug-likeness (QED) is 0.278. The maximum absolute atomic E-state index is 11.4. The van der Waals surface area contributed by atoms with Crippen LogP contribution in [0.1, 0.15) is 12.0 Å². The first-order valence-corrected chi connectivity index (χ1v) is 11.8. The zero-order valence-corrected chi connectivity index (χ0v) is 20.3. The fourth-order valence-corrected chi connectivity index (χ4v) is 4.58. The highest BCUT2D eigenvalue weighted by Crippen LogP contribution is 2.47. The minimum atomic E-state index is -0.985. The molecule has 1 amide bonds. The van der Waals surface area contributed by atoms with Gasteiger partial charge in [0.2, 0.25) is 5.06 Å². The van der Waals surface area contributed by atoms with E-state index in [9.17, 15) is 10.1 Å². The molecule has 3 aromatic heterocycles. The van der Waals surface area contributed by atoms with Gasteiger partial charge in [-0.1, -0.05) is 29.5 Å². The number of furan rings is 1. The second kappa shape index (κ2) is 10.6. The minimum absolute atomic E-state index is 0.118. The summed E-state index contributed by atoms with van der Waals surface area (Å²) in [6.07, 6.45) is -0.262. The molecule has 0 aliphatic rings. The molecule has 11 heteroatoms. The Morgan fingerprint density at radius 3 is 2.83 bits per heavy atom. The van der Waals surface area contributed by atoms with Crippen molar-refractivity contribution in [3.8, 4) is 22.5 Å². The van der Waals surface area contributed by atoms with Crippen LogP contribution in [-0.2, 0) is 4.74 Å². The van der Waals surface area contributed by atoms with Gasteiger partial charge in [0.15, 0.2) is 0 Å². The molecule has 4 aromatic rings. The number of nitrogens with one attached hydrogen (secondary N) is 1. The van der Waals surface area contributed by atoms with E-state index in [2.05, 4.69) is 21.3 Å². The van der Waals surface area contributed by atoms with E-state index in [4.69, 9.17) is 25.4 Å². The number of likely N-dealkylation sites (N-methyl/N-ethyl adjacent to an activating group) is 1. The van der Waals surface area contributed by atoms with Gasteiger partial charge in [-0.15, -0.1) is 0 Å². The second-order valence-corrected chi connectivity index (χ2v) is 9.03. The predicted octanol–water partition coefficient (Wildman–Crippen LogP) is 4.00. The number of ether oxygens (including phenoxy) is 2. The highest BCUT2D eigenvalue weighted by molar-refractivity contribution is 7.21. The van der Waals surface area contributed by atoms with Crippen molar-refractivity contribution < 1.29 is 18.7 Å². The minimum Gasteiger partial charge on any atom is -0.456 e. The van der Waals surface area contributed by atoms with E-state index in [0.717, 1.165) is 29.7 Å². The van der Waals surface area contributed by atoms with Crippen molar-refractivity contribution in [2.45, 2.75) is 6.42 Å². The zero-order valence-electron chi connectivity index (χ0n) is 19.5. The van der Waals surface area contributed by atoms with Gasteiger partial charge in [-0.2, -0.15) is 5.26 Å². The number of fused-ring (bicyclic) bond motifs is 2. The summed E-state index contributed by atoms with van der Waals surface area (Å²) < 4.78 is 16.8. The Balaban J connectivity index is 1.72. The summed E-state index contributed by atoms with van der Waals surface area (Å²) in [5.74, 6) is 0.843. The van der Waals surface area contributed by atoms with Crippen LogP contribution in [0.2, 0.25) is 0 Å². The predicted molar refractivity (Wildman–Crippen MR) is 137 cm³/mol. The smallest absolute Gasteiger partial charge is 0.410 e. The third-order valence-corrected chi connectivity index (χ3v) is 6.24. The maximum atomic E-state index is 11.4. The van der Waals surface area contributed by atoms with Crippen LogP contribution in [0.25, 0.3) is 32.5 Å². The van der Waals surface area contributed by atoms with Gasteiger partial charge in [0, 0.05) is 25.1 Å². The van der Waals surface area contributed by atoms with Crippen molar-refractivity contribution in [1.82, 2.24) is 9.88 Å². The van der Waals surface area contributed by atoms with E-state index < -0.39 is 6.09 Å². The molecular weight excluding hydrogens is 468 g/mol. The first-order valence-electron chi connectivity index (χ1n) is 11.0. The molecular formula is C24H26N6O4S. The average Bonchev–Trinajstić information content (AvgIpc) is 3.38. The van der Waals surface area contributed by atoms with Crippen molar-refractivity contribution in [2.75, 3.05) is 51.4 Å². The van der Waals surface area contributed by atoms with Crippen LogP contribution in [0.3, 0.4) is 0 Å². The Bertz CT molecular complexity index is 1370. The van der Waals surface area contributed by atoms with E-state index in [-0.39, 0.29) is 16.3 Å². The van der Waals surface area contributed by atoms with E-state index in [1.54, 1.807) is 0 Å². The molecule has 182 valence electrons. The molecule has 0 fully saturated rings. The number of nitrogen functional groups attached to an aromatic ring is 1. The molecule has 0 saturated heterocycles. The van der Waals surface area contributed by atoms with Gasteiger partial charge >= 0.3 is 6.09 Å². The third kappa shape index (κ3) is 5.30. The van der Waals surface area contributed by atoms with Gasteiger partial charge in [0.1, 0.15) is 33.6 Å². The number of pyridine rings is 1. The number of aromatic nitrogens is 1. The first kappa shape index (κ1) is 24.3. The standard InChI is InChI=1S/C24H26N6O4S/c1-30(2)9-11-32-10-5-8-28-21-15(13-25)18(17-12-14-6-3-4-7-16(14)33-17)19-20(26)23(34-24(27)31)35-22(19)29-21/h3-4,6-7,12H,5,8-11,26H2,1-2H3,(H2,27,31)(H,28,29). The molecule has 10 nitrogen and oxygen atoms in total. The molecule has 0 bridgehead atoms. The van der Waals surface area contributed by atoms with Crippen molar-refractivity contribution in [1.29, 1.82) is 5.26 Å². The number of benzene rings is 1. The highest BCUT2D eigenvalue weighted by atomic mass is 32.1. The van der Waals surface area contributed by atoms with Crippen LogP contribution >= 0.6 is 11.3 Å². The van der Waals surface area contributed by atoms with Crippen molar-refractivity contribution in [3.05, 3.63) is 35.9 Å². The molecule has 5 N–H and O–H groups in total. The molecule has 0 unspecified atom stereocenters. The van der Waals surface area contributed by atoms with Crippen molar-refractivity contribution in [3.63, 3.8) is 0 Å². The number of nitriles is 1. The Labute approximate surface area is 206 Å². The molecule has 0 aliphatic carbocycles. The van der Waals surface area contributed by atoms with Gasteiger partial charge in [-0.05, 0) is 32.6 Å². The number of carbonyl (C=O) groups excluding carboxylic acids is 1.